The third-order valence-corrected chi connectivity index (χ3v) is 4.31. The topological polar surface area (TPSA) is 43.1 Å². The van der Waals surface area contributed by atoms with Gasteiger partial charge >= 0.3 is 0 Å². The average molecular weight is 203 g/mol. The molecule has 0 aromatic rings. The first-order valence-electron chi connectivity index (χ1n) is 5.38. The summed E-state index contributed by atoms with van der Waals surface area (Å²) in [7, 11) is -0.597. The fraction of sp³-hybridized carbons (Fsp3) is 1.00. The molecule has 78 valence electrons. The largest absolute Gasteiger partial charge is 0.330 e. The summed E-state index contributed by atoms with van der Waals surface area (Å²) in [5.41, 5.74) is 5.38. The van der Waals surface area contributed by atoms with Crippen molar-refractivity contribution in [2.75, 3.05) is 18.1 Å². The Morgan fingerprint density at radius 3 is 2.54 bits per heavy atom. The second-order valence-corrected chi connectivity index (χ2v) is 5.58. The lowest BCUT2D eigenvalue weighted by Crippen LogP contribution is -2.17. The smallest absolute Gasteiger partial charge is 0.0263 e. The lowest BCUT2D eigenvalue weighted by molar-refractivity contribution is 0.388. The molecule has 0 aromatic carbocycles. The van der Waals surface area contributed by atoms with Crippen LogP contribution < -0.4 is 5.73 Å². The number of hydrogen-bond donors (Lipinski definition) is 1. The van der Waals surface area contributed by atoms with Crippen molar-refractivity contribution < 1.29 is 4.21 Å². The van der Waals surface area contributed by atoms with Crippen LogP contribution in [0, 0.1) is 5.92 Å². The van der Waals surface area contributed by atoms with Crippen LogP contribution in [0.3, 0.4) is 0 Å². The van der Waals surface area contributed by atoms with Crippen molar-refractivity contribution in [3.05, 3.63) is 0 Å². The van der Waals surface area contributed by atoms with E-state index in [9.17, 15) is 4.21 Å². The van der Waals surface area contributed by atoms with E-state index in [1.54, 1.807) is 0 Å². The molecule has 0 aromatic heterocycles. The Balaban J connectivity index is 2.11. The third kappa shape index (κ3) is 4.77. The minimum Gasteiger partial charge on any atom is -0.330 e. The molecule has 1 fully saturated rings. The summed E-state index contributed by atoms with van der Waals surface area (Å²) in [6, 6.07) is 0. The Hall–Kier alpha value is 0.110. The quantitative estimate of drug-likeness (QED) is 0.738. The van der Waals surface area contributed by atoms with Gasteiger partial charge in [0.15, 0.2) is 0 Å². The summed E-state index contributed by atoms with van der Waals surface area (Å²) in [6.07, 6.45) is 7.59. The Labute approximate surface area is 83.7 Å². The molecule has 0 aliphatic heterocycles. The highest BCUT2D eigenvalue weighted by Gasteiger charge is 2.15. The first-order chi connectivity index (χ1) is 6.33. The highest BCUT2D eigenvalue weighted by Crippen LogP contribution is 2.24. The Bertz CT molecular complexity index is 155. The molecule has 1 atom stereocenters. The second-order valence-electron chi connectivity index (χ2n) is 3.96. The molecule has 13 heavy (non-hydrogen) atoms. The van der Waals surface area contributed by atoms with Gasteiger partial charge in [-0.2, -0.15) is 0 Å². The lowest BCUT2D eigenvalue weighted by atomic mass is 9.91. The molecule has 2 nitrogen and oxygen atoms in total. The monoisotopic (exact) mass is 203 g/mol. The molecule has 3 heteroatoms. The predicted molar refractivity (Wildman–Crippen MR) is 58.1 cm³/mol. The van der Waals surface area contributed by atoms with Crippen LogP contribution in [0.15, 0.2) is 0 Å². The molecule has 0 spiro atoms. The summed E-state index contributed by atoms with van der Waals surface area (Å²) in [5, 5.41) is 0. The van der Waals surface area contributed by atoms with Crippen LogP contribution >= 0.6 is 0 Å². The molecule has 0 heterocycles. The van der Waals surface area contributed by atoms with Crippen LogP contribution in [0.5, 0.6) is 0 Å². The minimum absolute atomic E-state index is 0.597. The average Bonchev–Trinajstić information content (AvgIpc) is 2.16. The van der Waals surface area contributed by atoms with E-state index in [-0.39, 0.29) is 0 Å². The van der Waals surface area contributed by atoms with Crippen LogP contribution in [0.1, 0.15) is 38.5 Å². The first kappa shape index (κ1) is 11.2. The third-order valence-electron chi connectivity index (χ3n) is 2.72. The summed E-state index contributed by atoms with van der Waals surface area (Å²) >= 11 is 0. The maximum atomic E-state index is 11.5. The zero-order valence-corrected chi connectivity index (χ0v) is 9.15. The highest BCUT2D eigenvalue weighted by molar-refractivity contribution is 7.84. The summed E-state index contributed by atoms with van der Waals surface area (Å²) in [4.78, 5) is 0. The molecule has 1 unspecified atom stereocenters. The van der Waals surface area contributed by atoms with Gasteiger partial charge in [0.05, 0.1) is 0 Å². The van der Waals surface area contributed by atoms with E-state index in [2.05, 4.69) is 0 Å². The predicted octanol–water partition coefficient (Wildman–Crippen LogP) is 1.66. The molecule has 0 saturated heterocycles. The zero-order chi connectivity index (χ0) is 9.52. The van der Waals surface area contributed by atoms with Gasteiger partial charge in [-0.1, -0.05) is 19.3 Å². The van der Waals surface area contributed by atoms with Crippen LogP contribution in [0.4, 0.5) is 0 Å². The lowest BCUT2D eigenvalue weighted by Gasteiger charge is -2.20. The van der Waals surface area contributed by atoms with Crippen molar-refractivity contribution in [3.8, 4) is 0 Å². The molecule has 0 amide bonds. The van der Waals surface area contributed by atoms with E-state index in [4.69, 9.17) is 5.73 Å². The van der Waals surface area contributed by atoms with Crippen molar-refractivity contribution in [1.82, 2.24) is 0 Å². The van der Waals surface area contributed by atoms with Crippen molar-refractivity contribution in [2.24, 2.45) is 11.7 Å². The van der Waals surface area contributed by atoms with Crippen LogP contribution in [0.25, 0.3) is 0 Å². The molecular formula is C10H21NOS. The van der Waals surface area contributed by atoms with Crippen molar-refractivity contribution >= 4 is 10.8 Å². The Kier molecular flexibility index (Phi) is 5.63. The Morgan fingerprint density at radius 1 is 1.23 bits per heavy atom. The fourth-order valence-corrected chi connectivity index (χ4v) is 3.46. The van der Waals surface area contributed by atoms with Gasteiger partial charge in [0.2, 0.25) is 0 Å². The summed E-state index contributed by atoms with van der Waals surface area (Å²) < 4.78 is 11.5. The SMILES string of the molecule is NCCCS(=O)CC1CCCCC1. The van der Waals surface area contributed by atoms with Gasteiger partial charge in [-0.15, -0.1) is 0 Å². The second kappa shape index (κ2) is 6.55. The van der Waals surface area contributed by atoms with Gasteiger partial charge in [-0.3, -0.25) is 4.21 Å². The molecule has 1 rings (SSSR count). The first-order valence-corrected chi connectivity index (χ1v) is 6.87. The standard InChI is InChI=1S/C10H21NOS/c11-7-4-8-13(12)9-10-5-2-1-3-6-10/h10H,1-9,11H2. The highest BCUT2D eigenvalue weighted by atomic mass is 32.2. The van der Waals surface area contributed by atoms with Crippen molar-refractivity contribution in [1.29, 1.82) is 0 Å². The molecule has 1 saturated carbocycles. The van der Waals surface area contributed by atoms with Crippen LogP contribution in [-0.4, -0.2) is 22.3 Å². The van der Waals surface area contributed by atoms with Gasteiger partial charge in [0.25, 0.3) is 0 Å². The maximum Gasteiger partial charge on any atom is 0.0263 e. The van der Waals surface area contributed by atoms with Gasteiger partial charge in [0, 0.05) is 22.3 Å². The van der Waals surface area contributed by atoms with E-state index in [1.807, 2.05) is 0 Å². The molecular weight excluding hydrogens is 182 g/mol. The normalized spacial score (nSPS) is 21.6. The molecule has 2 N–H and O–H groups in total. The van der Waals surface area contributed by atoms with Crippen LogP contribution in [0.2, 0.25) is 0 Å². The summed E-state index contributed by atoms with van der Waals surface area (Å²) in [5.74, 6) is 2.49. The van der Waals surface area contributed by atoms with E-state index >= 15 is 0 Å². The maximum absolute atomic E-state index is 11.5. The van der Waals surface area contributed by atoms with E-state index in [0.717, 1.165) is 23.8 Å². The zero-order valence-electron chi connectivity index (χ0n) is 8.34. The van der Waals surface area contributed by atoms with Crippen LogP contribution in [-0.2, 0) is 10.8 Å². The van der Waals surface area contributed by atoms with E-state index < -0.39 is 10.8 Å². The minimum atomic E-state index is -0.597. The molecule has 1 aliphatic carbocycles. The van der Waals surface area contributed by atoms with Gasteiger partial charge < -0.3 is 5.73 Å². The van der Waals surface area contributed by atoms with Gasteiger partial charge in [-0.25, -0.2) is 0 Å². The Morgan fingerprint density at radius 2 is 1.92 bits per heavy atom. The fourth-order valence-electron chi connectivity index (χ4n) is 1.94. The van der Waals surface area contributed by atoms with Gasteiger partial charge in [0.1, 0.15) is 0 Å². The van der Waals surface area contributed by atoms with Crippen molar-refractivity contribution in [3.63, 3.8) is 0 Å². The number of hydrogen-bond acceptors (Lipinski definition) is 2. The van der Waals surface area contributed by atoms with E-state index in [1.165, 1.54) is 32.1 Å². The molecule has 1 aliphatic rings. The molecule has 0 radical (unpaired) electrons. The molecule has 0 bridgehead atoms. The number of rotatable bonds is 5. The van der Waals surface area contributed by atoms with Crippen molar-refractivity contribution in [2.45, 2.75) is 38.5 Å². The number of nitrogens with two attached hydrogens (primary N) is 1. The van der Waals surface area contributed by atoms with Gasteiger partial charge in [-0.05, 0) is 31.7 Å². The van der Waals surface area contributed by atoms with E-state index in [0.29, 0.717) is 6.54 Å². The summed E-state index contributed by atoms with van der Waals surface area (Å²) in [6.45, 7) is 0.677.